The minimum atomic E-state index is -0.791. The molecule has 0 saturated carbocycles. The van der Waals surface area contributed by atoms with Crippen LogP contribution in [-0.2, 0) is 9.53 Å². The van der Waals surface area contributed by atoms with Crippen LogP contribution in [0.1, 0.15) is 45.9 Å². The van der Waals surface area contributed by atoms with Crippen molar-refractivity contribution in [3.63, 3.8) is 0 Å². The number of aromatic nitrogens is 2. The summed E-state index contributed by atoms with van der Waals surface area (Å²) in [6, 6.07) is 4.63. The number of nitrogens with zero attached hydrogens (tertiary/aromatic N) is 2. The Morgan fingerprint density at radius 1 is 1.37 bits per heavy atom. The number of esters is 1. The highest BCUT2D eigenvalue weighted by Gasteiger charge is 2.31. The van der Waals surface area contributed by atoms with Crippen LogP contribution in [-0.4, -0.2) is 34.9 Å². The van der Waals surface area contributed by atoms with Gasteiger partial charge in [-0.15, -0.1) is 12.6 Å². The topological polar surface area (TPSA) is 102 Å². The molecule has 0 bridgehead atoms. The number of methoxy groups -OCH3 is 1. The van der Waals surface area contributed by atoms with Crippen molar-refractivity contribution >= 4 is 54.1 Å². The molecular formula is C16H16Cl2N4O4S. The maximum absolute atomic E-state index is 12.4. The monoisotopic (exact) mass is 430 g/mol. The average molecular weight is 431 g/mol. The summed E-state index contributed by atoms with van der Waals surface area (Å²) in [7, 11) is 1.18. The molecular weight excluding hydrogens is 415 g/mol. The zero-order chi connectivity index (χ0) is 20.1. The van der Waals surface area contributed by atoms with Gasteiger partial charge in [0.05, 0.1) is 23.2 Å². The Morgan fingerprint density at radius 2 is 2.07 bits per heavy atom. The summed E-state index contributed by atoms with van der Waals surface area (Å²) in [6.45, 7) is 1.88. The number of hydrogen-bond donors (Lipinski definition) is 3. The summed E-state index contributed by atoms with van der Waals surface area (Å²) in [5.74, 6) is -1.57. The lowest BCUT2D eigenvalue weighted by atomic mass is 10.0. The van der Waals surface area contributed by atoms with Crippen LogP contribution in [0.4, 0.5) is 0 Å². The SMILES string of the molecule is CCC(c1ccc(Cl)c(Cl)c1)n1c(S)nc(C(=O)NNC=O)c1C(=O)OC. The Balaban J connectivity index is 2.64. The Bertz CT molecular complexity index is 888. The molecule has 27 heavy (non-hydrogen) atoms. The highest BCUT2D eigenvalue weighted by Crippen LogP contribution is 2.32. The van der Waals surface area contributed by atoms with Crippen LogP contribution in [0.3, 0.4) is 0 Å². The number of thiol groups is 1. The molecule has 0 aliphatic rings. The quantitative estimate of drug-likeness (QED) is 0.271. The van der Waals surface area contributed by atoms with Crippen LogP contribution in [0.25, 0.3) is 0 Å². The lowest BCUT2D eigenvalue weighted by Crippen LogP contribution is -2.37. The number of nitrogens with one attached hydrogen (secondary N) is 2. The van der Waals surface area contributed by atoms with Crippen LogP contribution < -0.4 is 10.9 Å². The van der Waals surface area contributed by atoms with Crippen molar-refractivity contribution in [2.75, 3.05) is 7.11 Å². The van der Waals surface area contributed by atoms with Crippen molar-refractivity contribution in [2.45, 2.75) is 24.5 Å². The first-order valence-electron chi connectivity index (χ1n) is 7.69. The van der Waals surface area contributed by atoms with Gasteiger partial charge in [-0.1, -0.05) is 36.2 Å². The van der Waals surface area contributed by atoms with E-state index in [4.69, 9.17) is 27.9 Å². The molecule has 8 nitrogen and oxygen atoms in total. The smallest absolute Gasteiger partial charge is 0.357 e. The van der Waals surface area contributed by atoms with E-state index in [1.165, 1.54) is 11.7 Å². The molecule has 2 aromatic rings. The average Bonchev–Trinajstić information content (AvgIpc) is 3.00. The summed E-state index contributed by atoms with van der Waals surface area (Å²) in [5.41, 5.74) is 4.51. The Hall–Kier alpha value is -2.23. The number of hydrogen-bond acceptors (Lipinski definition) is 6. The minimum absolute atomic E-state index is 0.106. The molecule has 2 N–H and O–H groups in total. The number of imidazole rings is 1. The van der Waals surface area contributed by atoms with E-state index in [-0.39, 0.29) is 23.0 Å². The van der Waals surface area contributed by atoms with Gasteiger partial charge in [0.15, 0.2) is 16.5 Å². The third-order valence-electron chi connectivity index (χ3n) is 3.76. The van der Waals surface area contributed by atoms with Crippen LogP contribution >= 0.6 is 35.8 Å². The molecule has 1 aromatic carbocycles. The van der Waals surface area contributed by atoms with E-state index in [2.05, 4.69) is 23.0 Å². The van der Waals surface area contributed by atoms with Crippen LogP contribution in [0, 0.1) is 0 Å². The lowest BCUT2D eigenvalue weighted by Gasteiger charge is -2.21. The molecule has 0 saturated heterocycles. The van der Waals surface area contributed by atoms with Crippen molar-refractivity contribution in [3.05, 3.63) is 45.2 Å². The van der Waals surface area contributed by atoms with Crippen LogP contribution in [0.15, 0.2) is 23.4 Å². The molecule has 1 aromatic heterocycles. The summed E-state index contributed by atoms with van der Waals surface area (Å²) >= 11 is 16.4. The Morgan fingerprint density at radius 3 is 2.63 bits per heavy atom. The lowest BCUT2D eigenvalue weighted by molar-refractivity contribution is -0.110. The molecule has 1 atom stereocenters. The van der Waals surface area contributed by atoms with E-state index in [1.807, 2.05) is 12.3 Å². The number of benzene rings is 1. The Labute approximate surface area is 170 Å². The molecule has 0 aliphatic heterocycles. The molecule has 11 heteroatoms. The molecule has 0 radical (unpaired) electrons. The highest BCUT2D eigenvalue weighted by atomic mass is 35.5. The standard InChI is InChI=1S/C16H16Cl2N4O4S/c1-3-11(8-4-5-9(17)10(18)6-8)22-13(15(25)26-2)12(20-16(22)27)14(24)21-19-7-23/h4-7,11H,3H2,1-2H3,(H,19,23)(H,20,27)(H,21,24). The third-order valence-corrected chi connectivity index (χ3v) is 4.81. The predicted octanol–water partition coefficient (Wildman–Crippen LogP) is 2.66. The van der Waals surface area contributed by atoms with Crippen LogP contribution in [0.2, 0.25) is 10.0 Å². The minimum Gasteiger partial charge on any atom is -0.464 e. The Kier molecular flexibility index (Phi) is 7.11. The maximum atomic E-state index is 12.4. The van der Waals surface area contributed by atoms with Gasteiger partial charge in [0.2, 0.25) is 6.41 Å². The largest absolute Gasteiger partial charge is 0.464 e. The predicted molar refractivity (Wildman–Crippen MR) is 102 cm³/mol. The first-order chi connectivity index (χ1) is 12.8. The maximum Gasteiger partial charge on any atom is 0.357 e. The normalized spacial score (nSPS) is 11.6. The number of rotatable bonds is 7. The van der Waals surface area contributed by atoms with Gasteiger partial charge >= 0.3 is 5.97 Å². The second-order valence-electron chi connectivity index (χ2n) is 5.28. The zero-order valence-corrected chi connectivity index (χ0v) is 16.7. The number of ether oxygens (including phenoxy) is 1. The third kappa shape index (κ3) is 4.37. The van der Waals surface area contributed by atoms with E-state index in [0.29, 0.717) is 16.5 Å². The van der Waals surface area contributed by atoms with E-state index < -0.39 is 17.9 Å². The van der Waals surface area contributed by atoms with Gasteiger partial charge in [0.25, 0.3) is 5.91 Å². The molecule has 1 unspecified atom stereocenters. The molecule has 0 spiro atoms. The van der Waals surface area contributed by atoms with Gasteiger partial charge in [0.1, 0.15) is 0 Å². The van der Waals surface area contributed by atoms with Crippen molar-refractivity contribution in [1.29, 1.82) is 0 Å². The molecule has 2 amide bonds. The summed E-state index contributed by atoms with van der Waals surface area (Å²) in [4.78, 5) is 39.1. The van der Waals surface area contributed by atoms with Crippen molar-refractivity contribution < 1.29 is 19.1 Å². The second-order valence-corrected chi connectivity index (χ2v) is 6.50. The summed E-state index contributed by atoms with van der Waals surface area (Å²) in [5, 5.41) is 0.853. The zero-order valence-electron chi connectivity index (χ0n) is 14.3. The fourth-order valence-electron chi connectivity index (χ4n) is 2.61. The fraction of sp³-hybridized carbons (Fsp3) is 0.250. The van der Waals surface area contributed by atoms with E-state index in [1.54, 1.807) is 18.2 Å². The van der Waals surface area contributed by atoms with Gasteiger partial charge in [-0.2, -0.15) is 0 Å². The van der Waals surface area contributed by atoms with Gasteiger partial charge in [-0.3, -0.25) is 20.4 Å². The van der Waals surface area contributed by atoms with Gasteiger partial charge in [-0.25, -0.2) is 9.78 Å². The molecule has 2 rings (SSSR count). The van der Waals surface area contributed by atoms with Crippen molar-refractivity contribution in [1.82, 2.24) is 20.4 Å². The van der Waals surface area contributed by atoms with E-state index in [9.17, 15) is 14.4 Å². The number of carbonyl (C=O) groups excluding carboxylic acids is 3. The highest BCUT2D eigenvalue weighted by molar-refractivity contribution is 7.80. The molecule has 144 valence electrons. The fourth-order valence-corrected chi connectivity index (χ4v) is 3.25. The number of amides is 2. The molecule has 1 heterocycles. The second kappa shape index (κ2) is 9.12. The van der Waals surface area contributed by atoms with Gasteiger partial charge in [0, 0.05) is 0 Å². The number of hydrazine groups is 1. The first kappa shape index (κ1) is 21.1. The van der Waals surface area contributed by atoms with E-state index >= 15 is 0 Å². The van der Waals surface area contributed by atoms with Crippen molar-refractivity contribution in [2.24, 2.45) is 0 Å². The summed E-state index contributed by atoms with van der Waals surface area (Å²) < 4.78 is 6.28. The van der Waals surface area contributed by atoms with Crippen molar-refractivity contribution in [3.8, 4) is 0 Å². The van der Waals surface area contributed by atoms with Crippen LogP contribution in [0.5, 0.6) is 0 Å². The van der Waals surface area contributed by atoms with Gasteiger partial charge in [-0.05, 0) is 24.1 Å². The molecule has 0 fully saturated rings. The summed E-state index contributed by atoms with van der Waals surface area (Å²) in [6.07, 6.45) is 0.804. The van der Waals surface area contributed by atoms with Gasteiger partial charge < -0.3 is 9.30 Å². The number of carbonyl (C=O) groups is 3. The molecule has 0 aliphatic carbocycles. The number of halogens is 2. The van der Waals surface area contributed by atoms with E-state index in [0.717, 1.165) is 5.56 Å². The first-order valence-corrected chi connectivity index (χ1v) is 8.89.